The summed E-state index contributed by atoms with van der Waals surface area (Å²) in [4.78, 5) is 15.8. The van der Waals surface area contributed by atoms with Crippen molar-refractivity contribution in [2.75, 3.05) is 19.6 Å². The van der Waals surface area contributed by atoms with E-state index in [1.54, 1.807) is 0 Å². The van der Waals surface area contributed by atoms with Crippen molar-refractivity contribution in [1.29, 1.82) is 0 Å². The summed E-state index contributed by atoms with van der Waals surface area (Å²) in [6.07, 6.45) is 9.18. The van der Waals surface area contributed by atoms with Crippen LogP contribution >= 0.6 is 0 Å². The third kappa shape index (κ3) is 4.35. The number of fused-ring (bicyclic) bond motifs is 1. The first-order valence-corrected chi connectivity index (χ1v) is 11.7. The molecule has 0 unspecified atom stereocenters. The Balaban J connectivity index is 1.47. The van der Waals surface area contributed by atoms with Gasteiger partial charge in [-0.1, -0.05) is 67.1 Å². The number of nitrogens with zero attached hydrogens (tertiary/aromatic N) is 3. The maximum absolute atomic E-state index is 13.5. The molecule has 1 amide bonds. The molecule has 4 heteroatoms. The molecule has 3 aliphatic rings. The number of amides is 1. The summed E-state index contributed by atoms with van der Waals surface area (Å²) in [5, 5.41) is 6.84. The molecule has 160 valence electrons. The second-order valence-electron chi connectivity index (χ2n) is 8.99. The zero-order valence-electron chi connectivity index (χ0n) is 18.1. The molecule has 5 rings (SSSR count). The lowest BCUT2D eigenvalue weighted by atomic mass is 9.77. The molecule has 0 bridgehead atoms. The van der Waals surface area contributed by atoms with Crippen molar-refractivity contribution in [3.05, 3.63) is 77.4 Å². The van der Waals surface area contributed by atoms with E-state index in [1.165, 1.54) is 36.0 Å². The molecule has 2 fully saturated rings. The van der Waals surface area contributed by atoms with Gasteiger partial charge >= 0.3 is 0 Å². The van der Waals surface area contributed by atoms with Gasteiger partial charge in [0.25, 0.3) is 5.91 Å². The number of likely N-dealkylation sites (tertiary alicyclic amines) is 1. The lowest BCUT2D eigenvalue weighted by Crippen LogP contribution is -2.41. The second kappa shape index (κ2) is 9.19. The van der Waals surface area contributed by atoms with Gasteiger partial charge in [-0.25, -0.2) is 5.01 Å². The summed E-state index contributed by atoms with van der Waals surface area (Å²) in [5.74, 6) is 0.410. The number of carbonyl (C=O) groups is 1. The fraction of sp³-hybridized carbons (Fsp3) is 0.407. The normalized spacial score (nSPS) is 25.4. The number of rotatable bonds is 4. The molecule has 1 aliphatic carbocycles. The molecule has 0 N–H and O–H groups in total. The van der Waals surface area contributed by atoms with Gasteiger partial charge in [-0.15, -0.1) is 0 Å². The van der Waals surface area contributed by atoms with E-state index < -0.39 is 0 Å². The van der Waals surface area contributed by atoms with Crippen LogP contribution in [0.1, 0.15) is 55.7 Å². The smallest absolute Gasteiger partial charge is 0.257 e. The molecule has 0 radical (unpaired) electrons. The largest absolute Gasteiger partial charge is 0.294 e. The molecule has 2 aromatic carbocycles. The van der Waals surface area contributed by atoms with Crippen LogP contribution in [0.2, 0.25) is 0 Å². The Labute approximate surface area is 185 Å². The van der Waals surface area contributed by atoms with Gasteiger partial charge in [-0.05, 0) is 68.0 Å². The third-order valence-corrected chi connectivity index (χ3v) is 6.85. The standard InChI is InChI=1S/C27H31N3O/c31-25(20-29-17-8-3-9-18-29)30-27(22-13-6-2-7-14-22)24-16-10-15-23(26(24)28-30)19-21-11-4-1-5-12-21/h1-2,4-7,11-14,19,24,27H,3,8-10,15-18,20H2/b23-19-/t24-,27+/m0/s1. The van der Waals surface area contributed by atoms with Crippen LogP contribution in [0, 0.1) is 5.92 Å². The Morgan fingerprint density at radius 1 is 0.935 bits per heavy atom. The zero-order chi connectivity index (χ0) is 21.0. The minimum absolute atomic E-state index is 0.00737. The molecule has 31 heavy (non-hydrogen) atoms. The number of benzene rings is 2. The lowest BCUT2D eigenvalue weighted by molar-refractivity contribution is -0.135. The number of carbonyl (C=O) groups excluding carboxylic acids is 1. The van der Waals surface area contributed by atoms with Crippen molar-refractivity contribution >= 4 is 17.7 Å². The van der Waals surface area contributed by atoms with Gasteiger partial charge in [0.2, 0.25) is 0 Å². The van der Waals surface area contributed by atoms with Crippen LogP contribution in [0.4, 0.5) is 0 Å². The van der Waals surface area contributed by atoms with Crippen molar-refractivity contribution in [3.8, 4) is 0 Å². The first-order valence-electron chi connectivity index (χ1n) is 11.7. The highest BCUT2D eigenvalue weighted by Crippen LogP contribution is 2.44. The molecule has 0 aromatic heterocycles. The fourth-order valence-electron chi connectivity index (χ4n) is 5.32. The summed E-state index contributed by atoms with van der Waals surface area (Å²) in [5.41, 5.74) is 4.81. The van der Waals surface area contributed by atoms with E-state index in [0.29, 0.717) is 6.54 Å². The minimum Gasteiger partial charge on any atom is -0.294 e. The third-order valence-electron chi connectivity index (χ3n) is 6.85. The average Bonchev–Trinajstić information content (AvgIpc) is 3.22. The summed E-state index contributed by atoms with van der Waals surface area (Å²) < 4.78 is 0. The van der Waals surface area contributed by atoms with E-state index in [4.69, 9.17) is 5.10 Å². The van der Waals surface area contributed by atoms with Crippen LogP contribution in [0.3, 0.4) is 0 Å². The number of hydrazone groups is 1. The topological polar surface area (TPSA) is 35.9 Å². The molecule has 4 nitrogen and oxygen atoms in total. The van der Waals surface area contributed by atoms with Crippen molar-refractivity contribution in [2.24, 2.45) is 11.0 Å². The highest BCUT2D eigenvalue weighted by Gasteiger charge is 2.43. The first kappa shape index (κ1) is 20.2. The van der Waals surface area contributed by atoms with E-state index in [9.17, 15) is 4.79 Å². The second-order valence-corrected chi connectivity index (χ2v) is 8.99. The molecule has 2 aromatic rings. The minimum atomic E-state index is 0.00737. The molecule has 1 saturated carbocycles. The van der Waals surface area contributed by atoms with Gasteiger partial charge in [0.1, 0.15) is 0 Å². The number of piperidine rings is 1. The monoisotopic (exact) mass is 413 g/mol. The van der Waals surface area contributed by atoms with Crippen LogP contribution < -0.4 is 0 Å². The average molecular weight is 414 g/mol. The van der Waals surface area contributed by atoms with E-state index in [0.717, 1.165) is 38.1 Å². The summed E-state index contributed by atoms with van der Waals surface area (Å²) in [6.45, 7) is 2.52. The van der Waals surface area contributed by atoms with Gasteiger partial charge < -0.3 is 0 Å². The molecule has 2 aliphatic heterocycles. The Kier molecular flexibility index (Phi) is 5.99. The fourth-order valence-corrected chi connectivity index (χ4v) is 5.32. The molecule has 2 atom stereocenters. The molecule has 1 saturated heterocycles. The SMILES string of the molecule is O=C(CN1CCCCC1)N1N=C2/C(=C\c3ccccc3)CCC[C@@H]2[C@H]1c1ccccc1. The van der Waals surface area contributed by atoms with E-state index in [2.05, 4.69) is 59.5 Å². The summed E-state index contributed by atoms with van der Waals surface area (Å²) in [7, 11) is 0. The Bertz CT molecular complexity index is 960. The van der Waals surface area contributed by atoms with Gasteiger partial charge in [-0.2, -0.15) is 5.10 Å². The molecular weight excluding hydrogens is 382 g/mol. The quantitative estimate of drug-likeness (QED) is 0.682. The van der Waals surface area contributed by atoms with Crippen molar-refractivity contribution in [1.82, 2.24) is 9.91 Å². The number of hydrogen-bond donors (Lipinski definition) is 0. The summed E-state index contributed by atoms with van der Waals surface area (Å²) in [6, 6.07) is 21.0. The van der Waals surface area contributed by atoms with Crippen molar-refractivity contribution in [2.45, 2.75) is 44.6 Å². The van der Waals surface area contributed by atoms with Crippen LogP contribution in [0.25, 0.3) is 6.08 Å². The lowest BCUT2D eigenvalue weighted by Gasteiger charge is -2.31. The number of hydrogen-bond acceptors (Lipinski definition) is 3. The highest BCUT2D eigenvalue weighted by molar-refractivity contribution is 6.08. The van der Waals surface area contributed by atoms with Crippen LogP contribution in [0.15, 0.2) is 71.3 Å². The van der Waals surface area contributed by atoms with Gasteiger partial charge in [-0.3, -0.25) is 9.69 Å². The van der Waals surface area contributed by atoms with Gasteiger partial charge in [0.05, 0.1) is 18.3 Å². The van der Waals surface area contributed by atoms with Gasteiger partial charge in [0.15, 0.2) is 0 Å². The van der Waals surface area contributed by atoms with Crippen LogP contribution in [0.5, 0.6) is 0 Å². The first-order chi connectivity index (χ1) is 15.3. The zero-order valence-corrected chi connectivity index (χ0v) is 18.1. The highest BCUT2D eigenvalue weighted by atomic mass is 16.2. The predicted octanol–water partition coefficient (Wildman–Crippen LogP) is 5.30. The molecule has 0 spiro atoms. The molecular formula is C27H31N3O. The van der Waals surface area contributed by atoms with Crippen LogP contribution in [-0.4, -0.2) is 41.2 Å². The van der Waals surface area contributed by atoms with E-state index in [-0.39, 0.29) is 17.9 Å². The maximum Gasteiger partial charge on any atom is 0.257 e. The Hall–Kier alpha value is -2.72. The molecule has 2 heterocycles. The Morgan fingerprint density at radius 3 is 2.39 bits per heavy atom. The Morgan fingerprint density at radius 2 is 1.65 bits per heavy atom. The van der Waals surface area contributed by atoms with Crippen LogP contribution in [-0.2, 0) is 4.79 Å². The number of allylic oxidation sites excluding steroid dienone is 1. The van der Waals surface area contributed by atoms with Crippen molar-refractivity contribution < 1.29 is 4.79 Å². The predicted molar refractivity (Wildman–Crippen MR) is 126 cm³/mol. The van der Waals surface area contributed by atoms with E-state index >= 15 is 0 Å². The maximum atomic E-state index is 13.5. The summed E-state index contributed by atoms with van der Waals surface area (Å²) >= 11 is 0. The van der Waals surface area contributed by atoms with Gasteiger partial charge in [0, 0.05) is 5.92 Å². The van der Waals surface area contributed by atoms with Crippen molar-refractivity contribution in [3.63, 3.8) is 0 Å². The van der Waals surface area contributed by atoms with E-state index in [1.807, 2.05) is 17.1 Å².